The van der Waals surface area contributed by atoms with Crippen molar-refractivity contribution in [1.29, 1.82) is 0 Å². The lowest BCUT2D eigenvalue weighted by Crippen LogP contribution is -2.23. The first kappa shape index (κ1) is 15.1. The molecule has 0 fully saturated rings. The predicted octanol–water partition coefficient (Wildman–Crippen LogP) is 2.74. The van der Waals surface area contributed by atoms with Gasteiger partial charge in [-0.15, -0.1) is 0 Å². The van der Waals surface area contributed by atoms with Crippen molar-refractivity contribution in [3.05, 3.63) is 84.1 Å². The Kier molecular flexibility index (Phi) is 4.00. The van der Waals surface area contributed by atoms with E-state index in [0.717, 1.165) is 23.0 Å². The highest BCUT2D eigenvalue weighted by molar-refractivity contribution is 6.05. The Labute approximate surface area is 144 Å². The van der Waals surface area contributed by atoms with Gasteiger partial charge in [-0.2, -0.15) is 5.10 Å². The minimum absolute atomic E-state index is 0.116. The molecular formula is C19H17N5O. The quantitative estimate of drug-likeness (QED) is 0.590. The number of carbonyl (C=O) groups excluding carboxylic acids is 1. The Morgan fingerprint density at radius 2 is 2.04 bits per heavy atom. The molecule has 0 atom stereocenters. The van der Waals surface area contributed by atoms with E-state index in [2.05, 4.69) is 32.6 Å². The van der Waals surface area contributed by atoms with Crippen LogP contribution >= 0.6 is 0 Å². The molecule has 2 aromatic carbocycles. The monoisotopic (exact) mass is 331 g/mol. The van der Waals surface area contributed by atoms with Crippen LogP contribution in [0.5, 0.6) is 0 Å². The predicted molar refractivity (Wildman–Crippen MR) is 95.0 cm³/mol. The molecule has 0 saturated carbocycles. The number of aromatic nitrogens is 4. The van der Waals surface area contributed by atoms with Crippen molar-refractivity contribution in [3.63, 3.8) is 0 Å². The molecule has 2 aromatic heterocycles. The van der Waals surface area contributed by atoms with Crippen LogP contribution in [0.2, 0.25) is 0 Å². The summed E-state index contributed by atoms with van der Waals surface area (Å²) in [5.41, 5.74) is 3.58. The number of rotatable bonds is 5. The number of carbonyl (C=O) groups is 1. The molecule has 4 rings (SSSR count). The molecule has 0 unspecified atom stereocenters. The van der Waals surface area contributed by atoms with Crippen molar-refractivity contribution in [2.45, 2.75) is 13.1 Å². The third-order valence-corrected chi connectivity index (χ3v) is 4.09. The molecule has 0 aliphatic rings. The van der Waals surface area contributed by atoms with Crippen molar-refractivity contribution in [3.8, 4) is 0 Å². The molecule has 1 amide bonds. The standard InChI is InChI=1S/C19H17N5O/c25-19(17-6-2-5-16-11-22-23-18(16)17)21-10-14-3-1-4-15(9-14)12-24-8-7-20-13-24/h1-9,11,13H,10,12H2,(H,21,25)(H,22,23). The second-order valence-corrected chi connectivity index (χ2v) is 5.88. The highest BCUT2D eigenvalue weighted by atomic mass is 16.1. The Morgan fingerprint density at radius 3 is 2.92 bits per heavy atom. The average Bonchev–Trinajstić information content (AvgIpc) is 3.31. The Bertz CT molecular complexity index is 1000. The van der Waals surface area contributed by atoms with Crippen LogP contribution in [-0.4, -0.2) is 25.7 Å². The molecule has 0 spiro atoms. The van der Waals surface area contributed by atoms with Crippen LogP contribution in [0.25, 0.3) is 10.9 Å². The molecule has 124 valence electrons. The highest BCUT2D eigenvalue weighted by Crippen LogP contribution is 2.15. The van der Waals surface area contributed by atoms with E-state index in [1.54, 1.807) is 24.8 Å². The van der Waals surface area contributed by atoms with E-state index < -0.39 is 0 Å². The van der Waals surface area contributed by atoms with Gasteiger partial charge in [-0.05, 0) is 17.2 Å². The Balaban J connectivity index is 1.46. The van der Waals surface area contributed by atoms with Gasteiger partial charge in [-0.1, -0.05) is 36.4 Å². The van der Waals surface area contributed by atoms with Crippen molar-refractivity contribution < 1.29 is 4.79 Å². The third-order valence-electron chi connectivity index (χ3n) is 4.09. The zero-order valence-electron chi connectivity index (χ0n) is 13.5. The number of amides is 1. The maximum atomic E-state index is 12.5. The lowest BCUT2D eigenvalue weighted by Gasteiger charge is -2.08. The lowest BCUT2D eigenvalue weighted by molar-refractivity contribution is 0.0952. The second-order valence-electron chi connectivity index (χ2n) is 5.88. The molecule has 4 aromatic rings. The molecule has 25 heavy (non-hydrogen) atoms. The highest BCUT2D eigenvalue weighted by Gasteiger charge is 2.11. The lowest BCUT2D eigenvalue weighted by atomic mass is 10.1. The number of aromatic amines is 1. The minimum Gasteiger partial charge on any atom is -0.348 e. The second kappa shape index (κ2) is 6.60. The molecule has 0 bridgehead atoms. The van der Waals surface area contributed by atoms with Gasteiger partial charge in [0.2, 0.25) is 0 Å². The molecule has 2 heterocycles. The Hall–Kier alpha value is -3.41. The first-order chi connectivity index (χ1) is 12.3. The van der Waals surface area contributed by atoms with E-state index in [0.29, 0.717) is 12.1 Å². The molecule has 0 aliphatic heterocycles. The molecule has 0 radical (unpaired) electrons. The molecule has 6 nitrogen and oxygen atoms in total. The SMILES string of the molecule is O=C(NCc1cccc(Cn2ccnc2)c1)c1cccc2cn[nH]c12. The summed E-state index contributed by atoms with van der Waals surface area (Å²) in [4.78, 5) is 16.6. The van der Waals surface area contributed by atoms with Gasteiger partial charge in [0.05, 0.1) is 23.6 Å². The average molecular weight is 331 g/mol. The summed E-state index contributed by atoms with van der Waals surface area (Å²) < 4.78 is 2.01. The number of imidazole rings is 1. The van der Waals surface area contributed by atoms with Crippen LogP contribution in [0.4, 0.5) is 0 Å². The van der Waals surface area contributed by atoms with Gasteiger partial charge in [0, 0.05) is 30.9 Å². The van der Waals surface area contributed by atoms with E-state index in [1.807, 2.05) is 35.0 Å². The summed E-state index contributed by atoms with van der Waals surface area (Å²) in [6, 6.07) is 13.8. The van der Waals surface area contributed by atoms with E-state index in [4.69, 9.17) is 0 Å². The summed E-state index contributed by atoms with van der Waals surface area (Å²) in [6.45, 7) is 1.23. The first-order valence-corrected chi connectivity index (χ1v) is 8.03. The minimum atomic E-state index is -0.116. The first-order valence-electron chi connectivity index (χ1n) is 8.03. The fourth-order valence-corrected chi connectivity index (χ4v) is 2.86. The third kappa shape index (κ3) is 3.28. The van der Waals surface area contributed by atoms with Crippen molar-refractivity contribution in [1.82, 2.24) is 25.1 Å². The van der Waals surface area contributed by atoms with Gasteiger partial charge in [0.15, 0.2) is 0 Å². The van der Waals surface area contributed by atoms with Crippen LogP contribution in [0, 0.1) is 0 Å². The Morgan fingerprint density at radius 1 is 1.16 bits per heavy atom. The van der Waals surface area contributed by atoms with E-state index in [1.165, 1.54) is 5.56 Å². The van der Waals surface area contributed by atoms with E-state index in [-0.39, 0.29) is 5.91 Å². The smallest absolute Gasteiger partial charge is 0.253 e. The van der Waals surface area contributed by atoms with Gasteiger partial charge in [0.1, 0.15) is 0 Å². The van der Waals surface area contributed by atoms with Gasteiger partial charge < -0.3 is 9.88 Å². The number of benzene rings is 2. The van der Waals surface area contributed by atoms with Crippen LogP contribution in [0.15, 0.2) is 67.4 Å². The molecular weight excluding hydrogens is 314 g/mol. The number of hydrogen-bond donors (Lipinski definition) is 2. The number of nitrogens with one attached hydrogen (secondary N) is 2. The number of para-hydroxylation sites is 1. The summed E-state index contributed by atoms with van der Waals surface area (Å²) in [6.07, 6.45) is 7.20. The van der Waals surface area contributed by atoms with Gasteiger partial charge in [-0.3, -0.25) is 9.89 Å². The molecule has 2 N–H and O–H groups in total. The van der Waals surface area contributed by atoms with Crippen molar-refractivity contribution >= 4 is 16.8 Å². The van der Waals surface area contributed by atoms with Gasteiger partial charge in [-0.25, -0.2) is 4.98 Å². The number of nitrogens with zero attached hydrogens (tertiary/aromatic N) is 3. The fraction of sp³-hybridized carbons (Fsp3) is 0.105. The zero-order valence-corrected chi connectivity index (χ0v) is 13.5. The van der Waals surface area contributed by atoms with Gasteiger partial charge >= 0.3 is 0 Å². The maximum Gasteiger partial charge on any atom is 0.253 e. The number of H-pyrrole nitrogens is 1. The largest absolute Gasteiger partial charge is 0.348 e. The maximum absolute atomic E-state index is 12.5. The van der Waals surface area contributed by atoms with Crippen molar-refractivity contribution in [2.75, 3.05) is 0 Å². The van der Waals surface area contributed by atoms with Crippen LogP contribution in [0.3, 0.4) is 0 Å². The summed E-state index contributed by atoms with van der Waals surface area (Å²) in [5.74, 6) is -0.116. The molecule has 0 saturated heterocycles. The summed E-state index contributed by atoms with van der Waals surface area (Å²) in [5, 5.41) is 10.8. The van der Waals surface area contributed by atoms with Gasteiger partial charge in [0.25, 0.3) is 5.91 Å². The van der Waals surface area contributed by atoms with Crippen LogP contribution < -0.4 is 5.32 Å². The number of fused-ring (bicyclic) bond motifs is 1. The van der Waals surface area contributed by atoms with Crippen LogP contribution in [0.1, 0.15) is 21.5 Å². The number of hydrogen-bond acceptors (Lipinski definition) is 3. The normalized spacial score (nSPS) is 10.9. The molecule has 6 heteroatoms. The van der Waals surface area contributed by atoms with E-state index in [9.17, 15) is 4.79 Å². The zero-order chi connectivity index (χ0) is 17.1. The fourth-order valence-electron chi connectivity index (χ4n) is 2.86. The topological polar surface area (TPSA) is 75.6 Å². The van der Waals surface area contributed by atoms with Crippen LogP contribution in [-0.2, 0) is 13.1 Å². The summed E-state index contributed by atoms with van der Waals surface area (Å²) >= 11 is 0. The summed E-state index contributed by atoms with van der Waals surface area (Å²) in [7, 11) is 0. The van der Waals surface area contributed by atoms with Crippen molar-refractivity contribution in [2.24, 2.45) is 0 Å². The van der Waals surface area contributed by atoms with E-state index >= 15 is 0 Å². The molecule has 0 aliphatic carbocycles.